The largest absolute Gasteiger partial charge is 0.494 e. The number of hydrogen-bond donors (Lipinski definition) is 1. The Morgan fingerprint density at radius 3 is 2.36 bits per heavy atom. The molecule has 3 aromatic carbocycles. The van der Waals surface area contributed by atoms with E-state index >= 15 is 0 Å². The summed E-state index contributed by atoms with van der Waals surface area (Å²) in [5.41, 5.74) is 2.32. The maximum Gasteiger partial charge on any atom is 0.266 e. The Morgan fingerprint density at radius 1 is 0.879 bits per heavy atom. The van der Waals surface area contributed by atoms with Crippen LogP contribution < -0.4 is 19.7 Å². The lowest BCUT2D eigenvalue weighted by Crippen LogP contribution is -2.29. The number of anilines is 1. The van der Waals surface area contributed by atoms with Crippen molar-refractivity contribution in [1.29, 1.82) is 0 Å². The Hall–Kier alpha value is -4.13. The van der Waals surface area contributed by atoms with Crippen molar-refractivity contribution in [3.8, 4) is 11.5 Å². The van der Waals surface area contributed by atoms with E-state index in [4.69, 9.17) is 9.47 Å². The van der Waals surface area contributed by atoms with Crippen molar-refractivity contribution < 1.29 is 23.9 Å². The number of ether oxygens (including phenoxy) is 2. The number of aryl methyl sites for hydroxylation is 1. The summed E-state index contributed by atoms with van der Waals surface area (Å²) in [4.78, 5) is 39.5. The molecule has 0 aromatic heterocycles. The molecule has 1 heterocycles. The van der Waals surface area contributed by atoms with Crippen LogP contribution in [0.5, 0.6) is 11.5 Å². The standard InChI is InChI=1S/C26H24N2O5/c1-3-32-20-10-8-19(9-11-20)28-25(30)22-12-7-18(16-23(22)26(28)31)24(29)27-13-14-33-21-6-4-5-17(2)15-21/h4-12,15-16H,3,13-14H2,1-2H3,(H,27,29). The van der Waals surface area contributed by atoms with Gasteiger partial charge in [0.05, 0.1) is 30.0 Å². The minimum atomic E-state index is -0.461. The van der Waals surface area contributed by atoms with Crippen LogP contribution in [0, 0.1) is 6.92 Å². The second kappa shape index (κ2) is 9.56. The lowest BCUT2D eigenvalue weighted by molar-refractivity contribution is 0.0923. The molecule has 168 valence electrons. The zero-order valence-electron chi connectivity index (χ0n) is 18.5. The van der Waals surface area contributed by atoms with Gasteiger partial charge in [-0.1, -0.05) is 12.1 Å². The van der Waals surface area contributed by atoms with Crippen molar-refractivity contribution in [2.75, 3.05) is 24.7 Å². The molecule has 0 aliphatic carbocycles. The molecule has 0 saturated carbocycles. The number of carbonyl (C=O) groups is 3. The minimum Gasteiger partial charge on any atom is -0.494 e. The first-order chi connectivity index (χ1) is 16.0. The number of fused-ring (bicyclic) bond motifs is 1. The topological polar surface area (TPSA) is 84.9 Å². The lowest BCUT2D eigenvalue weighted by Gasteiger charge is -2.14. The third-order valence-corrected chi connectivity index (χ3v) is 5.20. The van der Waals surface area contributed by atoms with Gasteiger partial charge in [0.2, 0.25) is 0 Å². The van der Waals surface area contributed by atoms with E-state index < -0.39 is 11.8 Å². The van der Waals surface area contributed by atoms with Crippen molar-refractivity contribution in [2.45, 2.75) is 13.8 Å². The summed E-state index contributed by atoms with van der Waals surface area (Å²) in [7, 11) is 0. The maximum absolute atomic E-state index is 13.0. The van der Waals surface area contributed by atoms with Crippen LogP contribution in [0.2, 0.25) is 0 Å². The van der Waals surface area contributed by atoms with Gasteiger partial charge in [0.15, 0.2) is 0 Å². The van der Waals surface area contributed by atoms with Crippen molar-refractivity contribution in [2.24, 2.45) is 0 Å². The number of nitrogens with one attached hydrogen (secondary N) is 1. The maximum atomic E-state index is 13.0. The van der Waals surface area contributed by atoms with Crippen molar-refractivity contribution >= 4 is 23.4 Å². The third kappa shape index (κ3) is 4.72. The minimum absolute atomic E-state index is 0.206. The first-order valence-electron chi connectivity index (χ1n) is 10.7. The summed E-state index contributed by atoms with van der Waals surface area (Å²) in [6, 6.07) is 18.9. The monoisotopic (exact) mass is 444 g/mol. The highest BCUT2D eigenvalue weighted by Crippen LogP contribution is 2.30. The van der Waals surface area contributed by atoms with E-state index in [2.05, 4.69) is 5.32 Å². The van der Waals surface area contributed by atoms with Crippen LogP contribution in [0.4, 0.5) is 5.69 Å². The molecule has 3 aromatic rings. The molecule has 0 atom stereocenters. The quantitative estimate of drug-likeness (QED) is 0.419. The average molecular weight is 444 g/mol. The van der Waals surface area contributed by atoms with Gasteiger partial charge in [-0.25, -0.2) is 4.90 Å². The number of imide groups is 1. The molecular formula is C26H24N2O5. The molecule has 1 aliphatic rings. The highest BCUT2D eigenvalue weighted by molar-refractivity contribution is 6.34. The second-order valence-corrected chi connectivity index (χ2v) is 7.55. The van der Waals surface area contributed by atoms with Gasteiger partial charge in [-0.3, -0.25) is 14.4 Å². The first kappa shape index (κ1) is 22.1. The van der Waals surface area contributed by atoms with Crippen LogP contribution in [-0.4, -0.2) is 37.5 Å². The number of carbonyl (C=O) groups excluding carboxylic acids is 3. The number of rotatable bonds is 8. The van der Waals surface area contributed by atoms with Gasteiger partial charge in [0.25, 0.3) is 17.7 Å². The van der Waals surface area contributed by atoms with Gasteiger partial charge in [-0.05, 0) is 74.0 Å². The summed E-state index contributed by atoms with van der Waals surface area (Å²) in [5.74, 6) is 0.170. The summed E-state index contributed by atoms with van der Waals surface area (Å²) in [5, 5.41) is 2.77. The van der Waals surface area contributed by atoms with Crippen LogP contribution in [0.1, 0.15) is 43.6 Å². The Balaban J connectivity index is 1.41. The Bertz CT molecular complexity index is 1200. The molecule has 7 nitrogen and oxygen atoms in total. The van der Waals surface area contributed by atoms with E-state index in [0.717, 1.165) is 16.2 Å². The summed E-state index contributed by atoms with van der Waals surface area (Å²) < 4.78 is 11.0. The van der Waals surface area contributed by atoms with E-state index in [1.165, 1.54) is 12.1 Å². The third-order valence-electron chi connectivity index (χ3n) is 5.20. The molecule has 33 heavy (non-hydrogen) atoms. The van der Waals surface area contributed by atoms with Crippen LogP contribution in [-0.2, 0) is 0 Å². The summed E-state index contributed by atoms with van der Waals surface area (Å²) in [6.07, 6.45) is 0. The Morgan fingerprint density at radius 2 is 1.64 bits per heavy atom. The number of hydrogen-bond acceptors (Lipinski definition) is 5. The molecule has 4 rings (SSSR count). The fourth-order valence-corrected chi connectivity index (χ4v) is 3.62. The first-order valence-corrected chi connectivity index (χ1v) is 10.7. The van der Waals surface area contributed by atoms with Gasteiger partial charge in [0.1, 0.15) is 18.1 Å². The molecule has 0 unspecified atom stereocenters. The molecule has 0 radical (unpaired) electrons. The van der Waals surface area contributed by atoms with Crippen LogP contribution in [0.25, 0.3) is 0 Å². The number of benzene rings is 3. The molecule has 0 spiro atoms. The summed E-state index contributed by atoms with van der Waals surface area (Å²) in [6.45, 7) is 4.99. The van der Waals surface area contributed by atoms with Crippen LogP contribution in [0.15, 0.2) is 66.7 Å². The molecule has 3 amide bonds. The van der Waals surface area contributed by atoms with E-state index in [1.807, 2.05) is 38.1 Å². The fraction of sp³-hybridized carbons (Fsp3) is 0.192. The number of amides is 3. The fourth-order valence-electron chi connectivity index (χ4n) is 3.62. The molecule has 0 bridgehead atoms. The van der Waals surface area contributed by atoms with E-state index in [-0.39, 0.29) is 17.0 Å². The normalized spacial score (nSPS) is 12.5. The Labute approximate surface area is 191 Å². The van der Waals surface area contributed by atoms with Crippen LogP contribution >= 0.6 is 0 Å². The molecular weight excluding hydrogens is 420 g/mol. The van der Waals surface area contributed by atoms with Gasteiger partial charge in [-0.2, -0.15) is 0 Å². The second-order valence-electron chi connectivity index (χ2n) is 7.55. The predicted octanol–water partition coefficient (Wildman–Crippen LogP) is 4.00. The zero-order valence-corrected chi connectivity index (χ0v) is 18.5. The zero-order chi connectivity index (χ0) is 23.4. The van der Waals surface area contributed by atoms with E-state index in [9.17, 15) is 14.4 Å². The number of nitrogens with zero attached hydrogens (tertiary/aromatic N) is 1. The van der Waals surface area contributed by atoms with Crippen LogP contribution in [0.3, 0.4) is 0 Å². The average Bonchev–Trinajstić information content (AvgIpc) is 3.07. The van der Waals surface area contributed by atoms with E-state index in [0.29, 0.717) is 36.8 Å². The van der Waals surface area contributed by atoms with Crippen molar-refractivity contribution in [3.63, 3.8) is 0 Å². The SMILES string of the molecule is CCOc1ccc(N2C(=O)c3ccc(C(=O)NCCOc4cccc(C)c4)cc3C2=O)cc1. The predicted molar refractivity (Wildman–Crippen MR) is 124 cm³/mol. The summed E-state index contributed by atoms with van der Waals surface area (Å²) >= 11 is 0. The van der Waals surface area contributed by atoms with E-state index in [1.54, 1.807) is 30.3 Å². The highest BCUT2D eigenvalue weighted by atomic mass is 16.5. The van der Waals surface area contributed by atoms with Gasteiger partial charge in [-0.15, -0.1) is 0 Å². The lowest BCUT2D eigenvalue weighted by atomic mass is 10.1. The van der Waals surface area contributed by atoms with Gasteiger partial charge in [0, 0.05) is 5.56 Å². The molecule has 0 saturated heterocycles. The Kier molecular flexibility index (Phi) is 6.40. The smallest absolute Gasteiger partial charge is 0.266 e. The molecule has 7 heteroatoms. The van der Waals surface area contributed by atoms with Crippen molar-refractivity contribution in [1.82, 2.24) is 5.32 Å². The molecule has 1 aliphatic heterocycles. The van der Waals surface area contributed by atoms with Gasteiger partial charge < -0.3 is 14.8 Å². The molecule has 1 N–H and O–H groups in total. The van der Waals surface area contributed by atoms with Gasteiger partial charge >= 0.3 is 0 Å². The van der Waals surface area contributed by atoms with Crippen molar-refractivity contribution in [3.05, 3.63) is 89.0 Å². The molecule has 0 fully saturated rings. The highest BCUT2D eigenvalue weighted by Gasteiger charge is 2.37.